The first-order chi connectivity index (χ1) is 8.63. The van der Waals surface area contributed by atoms with E-state index in [9.17, 15) is 0 Å². The number of hydrogen-bond acceptors (Lipinski definition) is 2. The standard InChI is InChI=1S/C16H27NO/c1-4-5-6-7-9-13(2)18-16-11-8-10-15(12-16)14(3)17/h8,10-14H,4-7,9,17H2,1-3H3. The minimum Gasteiger partial charge on any atom is -0.491 e. The highest BCUT2D eigenvalue weighted by atomic mass is 16.5. The molecule has 0 aliphatic rings. The van der Waals surface area contributed by atoms with Crippen molar-refractivity contribution in [2.45, 2.75) is 65.0 Å². The molecule has 2 unspecified atom stereocenters. The molecule has 0 saturated heterocycles. The number of rotatable bonds is 8. The molecule has 0 spiro atoms. The first-order valence-electron chi connectivity index (χ1n) is 7.15. The smallest absolute Gasteiger partial charge is 0.120 e. The van der Waals surface area contributed by atoms with Crippen LogP contribution in [-0.4, -0.2) is 6.10 Å². The molecule has 2 heteroatoms. The van der Waals surface area contributed by atoms with Gasteiger partial charge in [-0.1, -0.05) is 38.3 Å². The van der Waals surface area contributed by atoms with Crippen LogP contribution in [0, 0.1) is 0 Å². The fourth-order valence-corrected chi connectivity index (χ4v) is 2.02. The van der Waals surface area contributed by atoms with E-state index >= 15 is 0 Å². The van der Waals surface area contributed by atoms with E-state index in [2.05, 4.69) is 13.8 Å². The van der Waals surface area contributed by atoms with Crippen LogP contribution in [-0.2, 0) is 0 Å². The van der Waals surface area contributed by atoms with Gasteiger partial charge in [0, 0.05) is 6.04 Å². The van der Waals surface area contributed by atoms with Gasteiger partial charge in [0.05, 0.1) is 6.10 Å². The fourth-order valence-electron chi connectivity index (χ4n) is 2.02. The Morgan fingerprint density at radius 3 is 2.61 bits per heavy atom. The highest BCUT2D eigenvalue weighted by Crippen LogP contribution is 2.20. The molecule has 102 valence electrons. The van der Waals surface area contributed by atoms with Gasteiger partial charge in [-0.05, 0) is 44.4 Å². The molecule has 0 saturated carbocycles. The highest BCUT2D eigenvalue weighted by Gasteiger charge is 2.06. The number of nitrogens with two attached hydrogens (primary N) is 1. The average molecular weight is 249 g/mol. The van der Waals surface area contributed by atoms with Gasteiger partial charge in [-0.25, -0.2) is 0 Å². The number of ether oxygens (including phenoxy) is 1. The van der Waals surface area contributed by atoms with E-state index in [1.807, 2.05) is 31.2 Å². The lowest BCUT2D eigenvalue weighted by Crippen LogP contribution is -2.12. The Morgan fingerprint density at radius 2 is 1.94 bits per heavy atom. The van der Waals surface area contributed by atoms with Crippen molar-refractivity contribution in [2.24, 2.45) is 5.73 Å². The molecule has 0 fully saturated rings. The summed E-state index contributed by atoms with van der Waals surface area (Å²) in [6.07, 6.45) is 6.58. The Balaban J connectivity index is 2.39. The normalized spacial score (nSPS) is 14.2. The molecule has 1 aromatic rings. The van der Waals surface area contributed by atoms with Gasteiger partial charge in [0.1, 0.15) is 5.75 Å². The quantitative estimate of drug-likeness (QED) is 0.691. The monoisotopic (exact) mass is 249 g/mol. The van der Waals surface area contributed by atoms with E-state index < -0.39 is 0 Å². The van der Waals surface area contributed by atoms with E-state index in [-0.39, 0.29) is 12.1 Å². The predicted molar refractivity (Wildman–Crippen MR) is 77.9 cm³/mol. The summed E-state index contributed by atoms with van der Waals surface area (Å²) in [5.74, 6) is 0.938. The Kier molecular flexibility index (Phi) is 6.81. The Morgan fingerprint density at radius 1 is 1.17 bits per heavy atom. The van der Waals surface area contributed by atoms with Gasteiger partial charge in [0.15, 0.2) is 0 Å². The van der Waals surface area contributed by atoms with Crippen molar-refractivity contribution in [1.29, 1.82) is 0 Å². The van der Waals surface area contributed by atoms with E-state index in [0.29, 0.717) is 0 Å². The van der Waals surface area contributed by atoms with Crippen molar-refractivity contribution in [1.82, 2.24) is 0 Å². The zero-order valence-electron chi connectivity index (χ0n) is 12.0. The molecule has 2 nitrogen and oxygen atoms in total. The highest BCUT2D eigenvalue weighted by molar-refractivity contribution is 5.30. The van der Waals surface area contributed by atoms with Gasteiger partial charge in [0.2, 0.25) is 0 Å². The van der Waals surface area contributed by atoms with Crippen molar-refractivity contribution in [3.63, 3.8) is 0 Å². The van der Waals surface area contributed by atoms with E-state index in [1.54, 1.807) is 0 Å². The van der Waals surface area contributed by atoms with Crippen LogP contribution in [0.4, 0.5) is 0 Å². The van der Waals surface area contributed by atoms with Crippen LogP contribution in [0.1, 0.15) is 64.5 Å². The van der Waals surface area contributed by atoms with Crippen LogP contribution in [0.5, 0.6) is 5.75 Å². The molecule has 2 atom stereocenters. The summed E-state index contributed by atoms with van der Waals surface area (Å²) in [6, 6.07) is 8.18. The first kappa shape index (κ1) is 15.0. The summed E-state index contributed by atoms with van der Waals surface area (Å²) < 4.78 is 5.93. The second-order valence-electron chi connectivity index (χ2n) is 5.14. The predicted octanol–water partition coefficient (Wildman–Crippen LogP) is 4.44. The second-order valence-corrected chi connectivity index (χ2v) is 5.14. The Hall–Kier alpha value is -1.02. The lowest BCUT2D eigenvalue weighted by molar-refractivity contribution is 0.206. The fraction of sp³-hybridized carbons (Fsp3) is 0.625. The van der Waals surface area contributed by atoms with Crippen LogP contribution in [0.25, 0.3) is 0 Å². The van der Waals surface area contributed by atoms with E-state index in [1.165, 1.54) is 25.7 Å². The van der Waals surface area contributed by atoms with Crippen molar-refractivity contribution >= 4 is 0 Å². The molecule has 0 aliphatic carbocycles. The average Bonchev–Trinajstić information content (AvgIpc) is 2.35. The lowest BCUT2D eigenvalue weighted by Gasteiger charge is -2.16. The van der Waals surface area contributed by atoms with Crippen LogP contribution >= 0.6 is 0 Å². The second kappa shape index (κ2) is 8.15. The summed E-state index contributed by atoms with van der Waals surface area (Å²) in [5.41, 5.74) is 7.00. The largest absolute Gasteiger partial charge is 0.491 e. The summed E-state index contributed by atoms with van der Waals surface area (Å²) in [7, 11) is 0. The first-order valence-corrected chi connectivity index (χ1v) is 7.15. The molecule has 18 heavy (non-hydrogen) atoms. The molecule has 0 aliphatic heterocycles. The zero-order chi connectivity index (χ0) is 13.4. The molecule has 0 heterocycles. The van der Waals surface area contributed by atoms with Crippen molar-refractivity contribution in [3.8, 4) is 5.75 Å². The number of hydrogen-bond donors (Lipinski definition) is 1. The van der Waals surface area contributed by atoms with Crippen LogP contribution in [0.3, 0.4) is 0 Å². The van der Waals surface area contributed by atoms with Gasteiger partial charge in [-0.2, -0.15) is 0 Å². The minimum absolute atomic E-state index is 0.0633. The molecule has 0 bridgehead atoms. The Bertz CT molecular complexity index is 336. The molecule has 1 rings (SSSR count). The maximum absolute atomic E-state index is 5.93. The minimum atomic E-state index is 0.0633. The van der Waals surface area contributed by atoms with E-state index in [4.69, 9.17) is 10.5 Å². The van der Waals surface area contributed by atoms with Gasteiger partial charge < -0.3 is 10.5 Å². The SMILES string of the molecule is CCCCCCC(C)Oc1cccc(C(C)N)c1. The van der Waals surface area contributed by atoms with Crippen LogP contribution in [0.15, 0.2) is 24.3 Å². The molecular weight excluding hydrogens is 222 g/mol. The van der Waals surface area contributed by atoms with Crippen molar-refractivity contribution < 1.29 is 4.74 Å². The summed E-state index contributed by atoms with van der Waals surface area (Å²) in [5, 5.41) is 0. The van der Waals surface area contributed by atoms with Crippen molar-refractivity contribution in [3.05, 3.63) is 29.8 Å². The van der Waals surface area contributed by atoms with Gasteiger partial charge in [-0.15, -0.1) is 0 Å². The molecule has 1 aromatic carbocycles. The zero-order valence-corrected chi connectivity index (χ0v) is 12.0. The number of benzene rings is 1. The summed E-state index contributed by atoms with van der Waals surface area (Å²) >= 11 is 0. The molecule has 0 radical (unpaired) electrons. The molecular formula is C16H27NO. The topological polar surface area (TPSA) is 35.2 Å². The maximum atomic E-state index is 5.93. The van der Waals surface area contributed by atoms with Gasteiger partial charge in [-0.3, -0.25) is 0 Å². The van der Waals surface area contributed by atoms with Crippen LogP contribution < -0.4 is 10.5 Å². The molecule has 2 N–H and O–H groups in total. The van der Waals surface area contributed by atoms with Gasteiger partial charge >= 0.3 is 0 Å². The maximum Gasteiger partial charge on any atom is 0.120 e. The van der Waals surface area contributed by atoms with E-state index in [0.717, 1.165) is 17.7 Å². The third-order valence-corrected chi connectivity index (χ3v) is 3.19. The molecule has 0 aromatic heterocycles. The van der Waals surface area contributed by atoms with Gasteiger partial charge in [0.25, 0.3) is 0 Å². The molecule has 0 amide bonds. The number of unbranched alkanes of at least 4 members (excludes halogenated alkanes) is 3. The summed E-state index contributed by atoms with van der Waals surface area (Å²) in [4.78, 5) is 0. The summed E-state index contributed by atoms with van der Waals surface area (Å²) in [6.45, 7) is 6.37. The Labute approximate surface area is 112 Å². The van der Waals surface area contributed by atoms with Crippen LogP contribution in [0.2, 0.25) is 0 Å². The van der Waals surface area contributed by atoms with Crippen molar-refractivity contribution in [2.75, 3.05) is 0 Å². The third kappa shape index (κ3) is 5.54. The lowest BCUT2D eigenvalue weighted by atomic mass is 10.1. The third-order valence-electron chi connectivity index (χ3n) is 3.19.